The zero-order valence-electron chi connectivity index (χ0n) is 14.9. The summed E-state index contributed by atoms with van der Waals surface area (Å²) in [5, 5.41) is 0. The molecule has 1 aliphatic carbocycles. The van der Waals surface area contributed by atoms with Crippen molar-refractivity contribution in [2.24, 2.45) is 0 Å². The van der Waals surface area contributed by atoms with Crippen molar-refractivity contribution in [1.29, 1.82) is 0 Å². The Morgan fingerprint density at radius 3 is 2.32 bits per heavy atom. The third kappa shape index (κ3) is 4.62. The molecule has 133 valence electrons. The number of rotatable bonds is 5. The molecular formula is C24H27Pt. The molecular weight excluding hydrogens is 483 g/mol. The SMILES string of the molecule is CCCC/C1=C(\c2ccccc2)C(c2ccccc2)[C@H]([Pt])/C=C\CC1. The van der Waals surface area contributed by atoms with E-state index in [0.717, 1.165) is 6.42 Å². The quantitative estimate of drug-likeness (QED) is 0.377. The van der Waals surface area contributed by atoms with Crippen molar-refractivity contribution in [3.63, 3.8) is 0 Å². The van der Waals surface area contributed by atoms with Crippen LogP contribution in [0.15, 0.2) is 78.4 Å². The van der Waals surface area contributed by atoms with E-state index in [1.165, 1.54) is 36.8 Å². The van der Waals surface area contributed by atoms with Crippen LogP contribution in [-0.4, -0.2) is 0 Å². The maximum absolute atomic E-state index is 2.61. The average Bonchev–Trinajstić information content (AvgIpc) is 2.65. The van der Waals surface area contributed by atoms with Crippen molar-refractivity contribution in [1.82, 2.24) is 0 Å². The Labute approximate surface area is 164 Å². The predicted molar refractivity (Wildman–Crippen MR) is 104 cm³/mol. The molecule has 1 aliphatic rings. The van der Waals surface area contributed by atoms with Crippen molar-refractivity contribution >= 4 is 5.57 Å². The minimum absolute atomic E-state index is 0.425. The molecule has 0 saturated carbocycles. The molecule has 0 aliphatic heterocycles. The van der Waals surface area contributed by atoms with Crippen LogP contribution < -0.4 is 0 Å². The van der Waals surface area contributed by atoms with Crippen LogP contribution in [0.4, 0.5) is 0 Å². The van der Waals surface area contributed by atoms with E-state index in [2.05, 4.69) is 99.6 Å². The summed E-state index contributed by atoms with van der Waals surface area (Å²) in [6, 6.07) is 22.1. The summed E-state index contributed by atoms with van der Waals surface area (Å²) in [6.45, 7) is 2.29. The van der Waals surface area contributed by atoms with Gasteiger partial charge >= 0.3 is 164 Å². The molecule has 1 heteroatoms. The number of allylic oxidation sites excluding steroid dienone is 4. The standard InChI is InChI=1S/C24H27.Pt/c1-2-3-13-21-16-11-6-12-19-23(20-14-7-4-8-15-20)24(21)22-17-9-5-10-18-22;/h4-10,12,14-15,17-19,23H,2-3,11,13,16H2,1H3;/b12-6-,24-21-;. The molecule has 2 aromatic rings. The maximum atomic E-state index is 2.61. The Morgan fingerprint density at radius 2 is 1.64 bits per heavy atom. The predicted octanol–water partition coefficient (Wildman–Crippen LogP) is 7.10. The molecule has 2 atom stereocenters. The molecule has 0 heterocycles. The fourth-order valence-electron chi connectivity index (χ4n) is 3.74. The minimum atomic E-state index is 0.425. The Hall–Kier alpha value is -1.39. The molecule has 0 fully saturated rings. The Balaban J connectivity index is 2.16. The third-order valence-corrected chi connectivity index (χ3v) is 6.18. The summed E-state index contributed by atoms with van der Waals surface area (Å²) in [5.74, 6) is 0.425. The molecule has 1 unspecified atom stereocenters. The van der Waals surface area contributed by atoms with Gasteiger partial charge in [0.2, 0.25) is 0 Å². The molecule has 0 spiro atoms. The van der Waals surface area contributed by atoms with Crippen molar-refractivity contribution in [2.45, 2.75) is 49.3 Å². The van der Waals surface area contributed by atoms with E-state index in [1.54, 1.807) is 11.1 Å². The summed E-state index contributed by atoms with van der Waals surface area (Å²) in [4.78, 5) is 0. The van der Waals surface area contributed by atoms with Gasteiger partial charge in [0.05, 0.1) is 0 Å². The molecule has 3 rings (SSSR count). The fraction of sp³-hybridized carbons (Fsp3) is 0.333. The Bertz CT molecular complexity index is 712. The monoisotopic (exact) mass is 510 g/mol. The van der Waals surface area contributed by atoms with Crippen molar-refractivity contribution in [3.8, 4) is 0 Å². The van der Waals surface area contributed by atoms with Gasteiger partial charge in [-0.3, -0.25) is 0 Å². The zero-order chi connectivity index (χ0) is 17.5. The van der Waals surface area contributed by atoms with Gasteiger partial charge < -0.3 is 0 Å². The molecule has 0 amide bonds. The van der Waals surface area contributed by atoms with Crippen LogP contribution in [0.1, 0.15) is 56.1 Å². The number of hydrogen-bond acceptors (Lipinski definition) is 0. The van der Waals surface area contributed by atoms with Crippen LogP contribution >= 0.6 is 0 Å². The molecule has 0 nitrogen and oxygen atoms in total. The van der Waals surface area contributed by atoms with E-state index < -0.39 is 0 Å². The van der Waals surface area contributed by atoms with E-state index in [0.29, 0.717) is 10.2 Å². The normalized spacial score (nSPS) is 25.2. The van der Waals surface area contributed by atoms with E-state index in [4.69, 9.17) is 0 Å². The van der Waals surface area contributed by atoms with Crippen LogP contribution in [0, 0.1) is 0 Å². The second-order valence-corrected chi connectivity index (χ2v) is 8.26. The molecule has 0 bridgehead atoms. The van der Waals surface area contributed by atoms with Crippen LogP contribution in [0.5, 0.6) is 0 Å². The molecule has 25 heavy (non-hydrogen) atoms. The van der Waals surface area contributed by atoms with Gasteiger partial charge in [0.15, 0.2) is 0 Å². The van der Waals surface area contributed by atoms with Gasteiger partial charge in [0, 0.05) is 0 Å². The third-order valence-electron chi connectivity index (χ3n) is 4.99. The molecule has 2 aromatic carbocycles. The molecule has 0 radical (unpaired) electrons. The van der Waals surface area contributed by atoms with Gasteiger partial charge in [-0.15, -0.1) is 0 Å². The van der Waals surface area contributed by atoms with Crippen LogP contribution in [0.2, 0.25) is 4.31 Å². The molecule has 0 saturated heterocycles. The van der Waals surface area contributed by atoms with Crippen molar-refractivity contribution in [3.05, 3.63) is 89.5 Å². The van der Waals surface area contributed by atoms with Gasteiger partial charge in [0.25, 0.3) is 0 Å². The number of hydrogen-bond donors (Lipinski definition) is 0. The van der Waals surface area contributed by atoms with Crippen LogP contribution in [-0.2, 0) is 19.8 Å². The number of unbranched alkanes of at least 4 members (excludes halogenated alkanes) is 1. The van der Waals surface area contributed by atoms with Crippen molar-refractivity contribution < 1.29 is 19.8 Å². The second kappa shape index (κ2) is 9.35. The van der Waals surface area contributed by atoms with E-state index in [-0.39, 0.29) is 0 Å². The summed E-state index contributed by atoms with van der Waals surface area (Å²) < 4.78 is 0.481. The van der Waals surface area contributed by atoms with Crippen LogP contribution in [0.25, 0.3) is 5.57 Å². The number of benzene rings is 2. The Morgan fingerprint density at radius 1 is 0.960 bits per heavy atom. The van der Waals surface area contributed by atoms with Gasteiger partial charge in [-0.25, -0.2) is 0 Å². The first-order valence-electron chi connectivity index (χ1n) is 9.40. The van der Waals surface area contributed by atoms with Crippen LogP contribution in [0.3, 0.4) is 0 Å². The van der Waals surface area contributed by atoms with Gasteiger partial charge in [-0.1, -0.05) is 0 Å². The first kappa shape index (κ1) is 18.4. The first-order chi connectivity index (χ1) is 12.3. The topological polar surface area (TPSA) is 0 Å². The summed E-state index contributed by atoms with van der Waals surface area (Å²) >= 11 is 2.61. The van der Waals surface area contributed by atoms with Gasteiger partial charge in [0.1, 0.15) is 0 Å². The molecule has 0 N–H and O–H groups in total. The van der Waals surface area contributed by atoms with Gasteiger partial charge in [-0.2, -0.15) is 0 Å². The van der Waals surface area contributed by atoms with E-state index in [1.807, 2.05) is 0 Å². The average molecular weight is 511 g/mol. The van der Waals surface area contributed by atoms with Gasteiger partial charge in [-0.05, 0) is 0 Å². The first-order valence-corrected chi connectivity index (χ1v) is 10.7. The Kier molecular flexibility index (Phi) is 6.88. The second-order valence-electron chi connectivity index (χ2n) is 6.75. The molecule has 0 aromatic heterocycles. The summed E-state index contributed by atoms with van der Waals surface area (Å²) in [5.41, 5.74) is 6.07. The van der Waals surface area contributed by atoms with E-state index in [9.17, 15) is 0 Å². The van der Waals surface area contributed by atoms with E-state index >= 15 is 0 Å². The summed E-state index contributed by atoms with van der Waals surface area (Å²) in [7, 11) is 0. The van der Waals surface area contributed by atoms with Crippen molar-refractivity contribution in [2.75, 3.05) is 0 Å². The fourth-order valence-corrected chi connectivity index (χ4v) is 4.87. The zero-order valence-corrected chi connectivity index (χ0v) is 17.2. The summed E-state index contributed by atoms with van der Waals surface area (Å²) in [6.07, 6.45) is 10.9.